The van der Waals surface area contributed by atoms with Crippen LogP contribution >= 0.6 is 0 Å². The molecule has 134 valence electrons. The number of fused-ring (bicyclic) bond motifs is 1. The molecule has 1 aliphatic rings. The van der Waals surface area contributed by atoms with Gasteiger partial charge in [-0.2, -0.15) is 0 Å². The van der Waals surface area contributed by atoms with Crippen LogP contribution in [-0.2, 0) is 0 Å². The van der Waals surface area contributed by atoms with Gasteiger partial charge < -0.3 is 14.9 Å². The molecule has 0 spiro atoms. The van der Waals surface area contributed by atoms with Crippen LogP contribution < -0.4 is 5.32 Å². The Bertz CT molecular complexity index is 940. The summed E-state index contributed by atoms with van der Waals surface area (Å²) >= 11 is 0. The van der Waals surface area contributed by atoms with Crippen LogP contribution in [0.1, 0.15) is 46.3 Å². The molecule has 1 atom stereocenters. The van der Waals surface area contributed by atoms with Crippen molar-refractivity contribution >= 4 is 16.8 Å². The molecule has 2 aromatic heterocycles. The number of nitrogens with zero attached hydrogens (tertiary/aromatic N) is 2. The largest absolute Gasteiger partial charge is 0.393 e. The predicted molar refractivity (Wildman–Crippen MR) is 96.7 cm³/mol. The number of carbonyl (C=O) groups is 1. The molecule has 0 saturated heterocycles. The topological polar surface area (TPSA) is 88.3 Å². The number of aliphatic hydroxyl groups is 1. The molecule has 3 aromatic rings. The fourth-order valence-corrected chi connectivity index (χ4v) is 3.65. The third-order valence-corrected chi connectivity index (χ3v) is 5.14. The number of aliphatic hydroxyl groups excluding tert-OH is 1. The van der Waals surface area contributed by atoms with Gasteiger partial charge in [0.15, 0.2) is 0 Å². The SMILES string of the molecule is Cc1noc(C)c1C(=O)NC(c1cnc2ccccc2c1)C1CC(O)C1. The summed E-state index contributed by atoms with van der Waals surface area (Å²) in [6.45, 7) is 3.49. The van der Waals surface area contributed by atoms with Crippen LogP contribution in [0, 0.1) is 19.8 Å². The first-order valence-electron chi connectivity index (χ1n) is 8.79. The quantitative estimate of drug-likeness (QED) is 0.754. The van der Waals surface area contributed by atoms with Crippen molar-refractivity contribution in [2.24, 2.45) is 5.92 Å². The Hall–Kier alpha value is -2.73. The fourth-order valence-electron chi connectivity index (χ4n) is 3.65. The van der Waals surface area contributed by atoms with E-state index < -0.39 is 0 Å². The molecule has 1 amide bonds. The molecule has 1 unspecified atom stereocenters. The van der Waals surface area contributed by atoms with Gasteiger partial charge in [0.1, 0.15) is 11.3 Å². The summed E-state index contributed by atoms with van der Waals surface area (Å²) in [6.07, 6.45) is 2.84. The van der Waals surface area contributed by atoms with Crippen molar-refractivity contribution in [2.45, 2.75) is 38.8 Å². The minimum atomic E-state index is -0.299. The second-order valence-electron chi connectivity index (χ2n) is 7.00. The van der Waals surface area contributed by atoms with Gasteiger partial charge in [0.05, 0.1) is 23.4 Å². The smallest absolute Gasteiger partial charge is 0.257 e. The molecule has 2 heterocycles. The molecule has 1 aliphatic carbocycles. The van der Waals surface area contributed by atoms with Crippen LogP contribution in [0.4, 0.5) is 0 Å². The lowest BCUT2D eigenvalue weighted by atomic mass is 9.75. The summed E-state index contributed by atoms with van der Waals surface area (Å²) in [5.74, 6) is 0.474. The first-order valence-corrected chi connectivity index (χ1v) is 8.79. The number of pyridine rings is 1. The molecule has 2 N–H and O–H groups in total. The van der Waals surface area contributed by atoms with E-state index in [1.54, 1.807) is 13.8 Å². The van der Waals surface area contributed by atoms with E-state index in [9.17, 15) is 9.90 Å². The van der Waals surface area contributed by atoms with Gasteiger partial charge in [-0.05, 0) is 50.3 Å². The number of amides is 1. The Morgan fingerprint density at radius 2 is 2.08 bits per heavy atom. The number of hydrogen-bond donors (Lipinski definition) is 2. The van der Waals surface area contributed by atoms with Crippen molar-refractivity contribution in [3.63, 3.8) is 0 Å². The summed E-state index contributed by atoms with van der Waals surface area (Å²) in [5.41, 5.74) is 2.91. The van der Waals surface area contributed by atoms with Crippen LogP contribution in [0.3, 0.4) is 0 Å². The van der Waals surface area contributed by atoms with E-state index in [4.69, 9.17) is 4.52 Å². The first-order chi connectivity index (χ1) is 12.5. The van der Waals surface area contributed by atoms with Gasteiger partial charge >= 0.3 is 0 Å². The van der Waals surface area contributed by atoms with Gasteiger partial charge in [0.25, 0.3) is 5.91 Å². The lowest BCUT2D eigenvalue weighted by Crippen LogP contribution is -2.41. The highest BCUT2D eigenvalue weighted by Crippen LogP contribution is 2.38. The molecule has 0 bridgehead atoms. The number of para-hydroxylation sites is 1. The first kappa shape index (κ1) is 16.7. The van der Waals surface area contributed by atoms with Crippen molar-refractivity contribution in [1.29, 1.82) is 0 Å². The number of benzene rings is 1. The number of aryl methyl sites for hydroxylation is 2. The van der Waals surface area contributed by atoms with E-state index in [-0.39, 0.29) is 24.0 Å². The van der Waals surface area contributed by atoms with Crippen LogP contribution in [0.15, 0.2) is 41.1 Å². The Labute approximate surface area is 151 Å². The molecule has 0 aliphatic heterocycles. The van der Waals surface area contributed by atoms with Crippen molar-refractivity contribution in [3.8, 4) is 0 Å². The maximum atomic E-state index is 12.8. The highest BCUT2D eigenvalue weighted by molar-refractivity contribution is 5.96. The third-order valence-electron chi connectivity index (χ3n) is 5.14. The average Bonchev–Trinajstić information content (AvgIpc) is 2.95. The predicted octanol–water partition coefficient (Wildman–Crippen LogP) is 3.08. The number of hydrogen-bond acceptors (Lipinski definition) is 5. The molecule has 0 radical (unpaired) electrons. The lowest BCUT2D eigenvalue weighted by molar-refractivity contribution is 0.0234. The fraction of sp³-hybridized carbons (Fsp3) is 0.350. The zero-order valence-electron chi connectivity index (χ0n) is 14.8. The normalized spacial score (nSPS) is 20.6. The number of aromatic nitrogens is 2. The number of carbonyl (C=O) groups excluding carboxylic acids is 1. The average molecular weight is 351 g/mol. The van der Waals surface area contributed by atoms with Crippen LogP contribution in [0.5, 0.6) is 0 Å². The van der Waals surface area contributed by atoms with Gasteiger partial charge in [-0.25, -0.2) is 0 Å². The standard InChI is InChI=1S/C20H21N3O3/c1-11-18(12(2)26-23-11)20(25)22-19(14-8-16(24)9-14)15-7-13-5-3-4-6-17(13)21-10-15/h3-7,10,14,16,19,24H,8-9H2,1-2H3,(H,22,25). The Balaban J connectivity index is 1.67. The van der Waals surface area contributed by atoms with E-state index in [0.717, 1.165) is 16.5 Å². The van der Waals surface area contributed by atoms with E-state index in [2.05, 4.69) is 21.5 Å². The molecule has 4 rings (SSSR count). The highest BCUT2D eigenvalue weighted by atomic mass is 16.5. The molecule has 26 heavy (non-hydrogen) atoms. The van der Waals surface area contributed by atoms with Gasteiger partial charge in [-0.15, -0.1) is 0 Å². The lowest BCUT2D eigenvalue weighted by Gasteiger charge is -2.38. The zero-order valence-corrected chi connectivity index (χ0v) is 14.8. The third kappa shape index (κ3) is 2.97. The van der Waals surface area contributed by atoms with Crippen LogP contribution in [-0.4, -0.2) is 27.3 Å². The van der Waals surface area contributed by atoms with Crippen molar-refractivity contribution in [2.75, 3.05) is 0 Å². The maximum Gasteiger partial charge on any atom is 0.257 e. The molecule has 1 fully saturated rings. The number of nitrogens with one attached hydrogen (secondary N) is 1. The maximum absolute atomic E-state index is 12.8. The van der Waals surface area contributed by atoms with Gasteiger partial charge in [0, 0.05) is 11.6 Å². The monoisotopic (exact) mass is 351 g/mol. The molecule has 1 saturated carbocycles. The summed E-state index contributed by atoms with van der Waals surface area (Å²) in [7, 11) is 0. The van der Waals surface area contributed by atoms with Crippen molar-refractivity contribution in [3.05, 3.63) is 59.1 Å². The van der Waals surface area contributed by atoms with Crippen LogP contribution in [0.25, 0.3) is 10.9 Å². The van der Waals surface area contributed by atoms with E-state index in [0.29, 0.717) is 29.9 Å². The van der Waals surface area contributed by atoms with Crippen LogP contribution in [0.2, 0.25) is 0 Å². The van der Waals surface area contributed by atoms with E-state index >= 15 is 0 Å². The number of rotatable bonds is 4. The Morgan fingerprint density at radius 1 is 1.31 bits per heavy atom. The summed E-state index contributed by atoms with van der Waals surface area (Å²) in [5, 5.41) is 17.7. The van der Waals surface area contributed by atoms with Crippen molar-refractivity contribution in [1.82, 2.24) is 15.5 Å². The molecular formula is C20H21N3O3. The van der Waals surface area contributed by atoms with Gasteiger partial charge in [-0.3, -0.25) is 9.78 Å². The molecule has 6 heteroatoms. The second-order valence-corrected chi connectivity index (χ2v) is 7.00. The Morgan fingerprint density at radius 3 is 2.77 bits per heavy atom. The van der Waals surface area contributed by atoms with Gasteiger partial charge in [-0.1, -0.05) is 23.4 Å². The van der Waals surface area contributed by atoms with Crippen molar-refractivity contribution < 1.29 is 14.4 Å². The molecule has 1 aromatic carbocycles. The molecular weight excluding hydrogens is 330 g/mol. The molecule has 6 nitrogen and oxygen atoms in total. The van der Waals surface area contributed by atoms with E-state index in [1.165, 1.54) is 0 Å². The zero-order chi connectivity index (χ0) is 18.3. The highest BCUT2D eigenvalue weighted by Gasteiger charge is 2.36. The van der Waals surface area contributed by atoms with E-state index in [1.807, 2.05) is 30.5 Å². The second kappa shape index (κ2) is 6.53. The summed E-state index contributed by atoms with van der Waals surface area (Å²) in [6, 6.07) is 9.74. The minimum absolute atomic E-state index is 0.178. The van der Waals surface area contributed by atoms with Gasteiger partial charge in [0.2, 0.25) is 0 Å². The Kier molecular flexibility index (Phi) is 4.20. The summed E-state index contributed by atoms with van der Waals surface area (Å²) in [4.78, 5) is 17.3. The minimum Gasteiger partial charge on any atom is -0.393 e. The summed E-state index contributed by atoms with van der Waals surface area (Å²) < 4.78 is 5.12.